The number of carbonyl (C=O) groups is 2. The van der Waals surface area contributed by atoms with Crippen LogP contribution in [0.3, 0.4) is 0 Å². The van der Waals surface area contributed by atoms with Crippen molar-refractivity contribution in [1.82, 2.24) is 4.90 Å². The first kappa shape index (κ1) is 17.2. The van der Waals surface area contributed by atoms with Gasteiger partial charge in [-0.25, -0.2) is 4.79 Å². The van der Waals surface area contributed by atoms with E-state index in [4.69, 9.17) is 9.15 Å². The lowest BCUT2D eigenvalue weighted by Gasteiger charge is -2.30. The quantitative estimate of drug-likeness (QED) is 0.632. The Hall–Kier alpha value is -2.63. The molecule has 0 spiro atoms. The number of ether oxygens (including phenoxy) is 1. The predicted molar refractivity (Wildman–Crippen MR) is 92.5 cm³/mol. The molecule has 1 aromatic carbocycles. The number of piperidine rings is 1. The molecule has 6 nitrogen and oxygen atoms in total. The molecule has 3 rings (SSSR count). The summed E-state index contributed by atoms with van der Waals surface area (Å²) in [5.74, 6) is -0.741. The van der Waals surface area contributed by atoms with Crippen LogP contribution in [0, 0.1) is 12.8 Å². The molecule has 0 atom stereocenters. The maximum atomic E-state index is 12.7. The van der Waals surface area contributed by atoms with Crippen molar-refractivity contribution in [1.29, 1.82) is 0 Å². The number of rotatable bonds is 3. The lowest BCUT2D eigenvalue weighted by atomic mass is 9.96. The van der Waals surface area contributed by atoms with E-state index in [-0.39, 0.29) is 23.4 Å². The van der Waals surface area contributed by atoms with Crippen LogP contribution in [-0.2, 0) is 9.53 Å². The molecule has 1 aliphatic rings. The molecule has 0 aliphatic carbocycles. The first-order valence-corrected chi connectivity index (χ1v) is 8.50. The van der Waals surface area contributed by atoms with Gasteiger partial charge in [0.15, 0.2) is 0 Å². The number of hydrogen-bond acceptors (Lipinski definition) is 5. The third-order valence-electron chi connectivity index (χ3n) is 4.52. The fourth-order valence-corrected chi connectivity index (χ4v) is 3.14. The van der Waals surface area contributed by atoms with Crippen LogP contribution < -0.4 is 5.63 Å². The molecular formula is C19H21NO5. The summed E-state index contributed by atoms with van der Waals surface area (Å²) in [6.07, 6.45) is 1.09. The molecule has 2 heterocycles. The Bertz CT molecular complexity index is 862. The molecular weight excluding hydrogens is 322 g/mol. The first-order chi connectivity index (χ1) is 12.0. The van der Waals surface area contributed by atoms with E-state index in [1.54, 1.807) is 24.0 Å². The summed E-state index contributed by atoms with van der Waals surface area (Å²) >= 11 is 0. The average Bonchev–Trinajstić information content (AvgIpc) is 2.61. The van der Waals surface area contributed by atoms with Gasteiger partial charge in [0.25, 0.3) is 5.91 Å². The highest BCUT2D eigenvalue weighted by molar-refractivity contribution is 5.96. The van der Waals surface area contributed by atoms with Crippen molar-refractivity contribution < 1.29 is 18.7 Å². The van der Waals surface area contributed by atoms with Crippen LogP contribution in [0.1, 0.15) is 35.7 Å². The highest BCUT2D eigenvalue weighted by atomic mass is 16.5. The van der Waals surface area contributed by atoms with E-state index in [2.05, 4.69) is 0 Å². The zero-order valence-corrected chi connectivity index (χ0v) is 14.4. The molecule has 2 aromatic rings. The number of nitrogens with zero attached hydrogens (tertiary/aromatic N) is 1. The molecule has 1 amide bonds. The van der Waals surface area contributed by atoms with E-state index in [1.807, 2.05) is 19.1 Å². The summed E-state index contributed by atoms with van der Waals surface area (Å²) in [6.45, 7) is 4.92. The SMILES string of the molecule is CCOC(=O)C1CCN(C(=O)c2cc3cc(C)ccc3oc2=O)CC1. The monoisotopic (exact) mass is 343 g/mol. The van der Waals surface area contributed by atoms with E-state index in [9.17, 15) is 14.4 Å². The van der Waals surface area contributed by atoms with Gasteiger partial charge in [0.05, 0.1) is 12.5 Å². The normalized spacial score (nSPS) is 15.4. The third kappa shape index (κ3) is 3.57. The van der Waals surface area contributed by atoms with Crippen LogP contribution >= 0.6 is 0 Å². The van der Waals surface area contributed by atoms with Crippen molar-refractivity contribution in [2.24, 2.45) is 5.92 Å². The van der Waals surface area contributed by atoms with Gasteiger partial charge in [0.2, 0.25) is 0 Å². The fraction of sp³-hybridized carbons (Fsp3) is 0.421. The summed E-state index contributed by atoms with van der Waals surface area (Å²) < 4.78 is 10.3. The van der Waals surface area contributed by atoms with E-state index in [0.29, 0.717) is 38.1 Å². The van der Waals surface area contributed by atoms with E-state index >= 15 is 0 Å². The van der Waals surface area contributed by atoms with Crippen LogP contribution in [0.25, 0.3) is 11.0 Å². The Kier molecular flexibility index (Phi) is 4.88. The van der Waals surface area contributed by atoms with Crippen molar-refractivity contribution >= 4 is 22.8 Å². The summed E-state index contributed by atoms with van der Waals surface area (Å²) in [7, 11) is 0. The molecule has 1 saturated heterocycles. The van der Waals surface area contributed by atoms with Gasteiger partial charge < -0.3 is 14.1 Å². The van der Waals surface area contributed by atoms with Crippen molar-refractivity contribution in [3.05, 3.63) is 45.8 Å². The Morgan fingerprint density at radius 1 is 1.24 bits per heavy atom. The van der Waals surface area contributed by atoms with Gasteiger partial charge in [0.1, 0.15) is 11.1 Å². The Morgan fingerprint density at radius 2 is 1.96 bits per heavy atom. The minimum Gasteiger partial charge on any atom is -0.466 e. The van der Waals surface area contributed by atoms with Crippen LogP contribution in [-0.4, -0.2) is 36.5 Å². The second-order valence-electron chi connectivity index (χ2n) is 6.31. The molecule has 1 aromatic heterocycles. The highest BCUT2D eigenvalue weighted by Gasteiger charge is 2.29. The minimum absolute atomic E-state index is 0.0349. The number of carbonyl (C=O) groups excluding carboxylic acids is 2. The molecule has 132 valence electrons. The second kappa shape index (κ2) is 7.09. The van der Waals surface area contributed by atoms with E-state index in [0.717, 1.165) is 10.9 Å². The summed E-state index contributed by atoms with van der Waals surface area (Å²) in [6, 6.07) is 7.05. The zero-order chi connectivity index (χ0) is 18.0. The van der Waals surface area contributed by atoms with Gasteiger partial charge in [-0.3, -0.25) is 9.59 Å². The van der Waals surface area contributed by atoms with Crippen molar-refractivity contribution in [3.8, 4) is 0 Å². The van der Waals surface area contributed by atoms with Gasteiger partial charge in [-0.2, -0.15) is 0 Å². The summed E-state index contributed by atoms with van der Waals surface area (Å²) in [4.78, 5) is 38.3. The molecule has 1 fully saturated rings. The smallest absolute Gasteiger partial charge is 0.349 e. The topological polar surface area (TPSA) is 76.8 Å². The minimum atomic E-state index is -0.631. The molecule has 0 N–H and O–H groups in total. The lowest BCUT2D eigenvalue weighted by molar-refractivity contribution is -0.149. The molecule has 0 radical (unpaired) electrons. The second-order valence-corrected chi connectivity index (χ2v) is 6.31. The maximum absolute atomic E-state index is 12.7. The van der Waals surface area contributed by atoms with Crippen LogP contribution in [0.15, 0.2) is 33.5 Å². The van der Waals surface area contributed by atoms with E-state index in [1.165, 1.54) is 0 Å². The van der Waals surface area contributed by atoms with Crippen LogP contribution in [0.4, 0.5) is 0 Å². The molecule has 0 unspecified atom stereocenters. The van der Waals surface area contributed by atoms with Gasteiger partial charge in [0, 0.05) is 18.5 Å². The van der Waals surface area contributed by atoms with Gasteiger partial charge in [-0.05, 0) is 44.9 Å². The average molecular weight is 343 g/mol. The van der Waals surface area contributed by atoms with Crippen molar-refractivity contribution in [2.45, 2.75) is 26.7 Å². The third-order valence-corrected chi connectivity index (χ3v) is 4.52. The lowest BCUT2D eigenvalue weighted by Crippen LogP contribution is -2.42. The summed E-state index contributed by atoms with van der Waals surface area (Å²) in [5, 5.41) is 0.726. The highest BCUT2D eigenvalue weighted by Crippen LogP contribution is 2.21. The Balaban J connectivity index is 1.78. The molecule has 0 bridgehead atoms. The number of likely N-dealkylation sites (tertiary alicyclic amines) is 1. The molecule has 1 aliphatic heterocycles. The molecule has 25 heavy (non-hydrogen) atoms. The van der Waals surface area contributed by atoms with Crippen LogP contribution in [0.5, 0.6) is 0 Å². The number of amides is 1. The van der Waals surface area contributed by atoms with Crippen molar-refractivity contribution in [2.75, 3.05) is 19.7 Å². The Labute approximate surface area is 145 Å². The zero-order valence-electron chi connectivity index (χ0n) is 14.4. The number of fused-ring (bicyclic) bond motifs is 1. The predicted octanol–water partition coefficient (Wildman–Crippen LogP) is 2.52. The standard InChI is InChI=1S/C19H21NO5/c1-3-24-18(22)13-6-8-20(9-7-13)17(21)15-11-14-10-12(2)4-5-16(14)25-19(15)23/h4-5,10-11,13H,3,6-9H2,1-2H3. The largest absolute Gasteiger partial charge is 0.466 e. The van der Waals surface area contributed by atoms with Gasteiger partial charge >= 0.3 is 11.6 Å². The first-order valence-electron chi connectivity index (χ1n) is 8.50. The van der Waals surface area contributed by atoms with Crippen LogP contribution in [0.2, 0.25) is 0 Å². The van der Waals surface area contributed by atoms with Gasteiger partial charge in [-0.15, -0.1) is 0 Å². The summed E-state index contributed by atoms with van der Waals surface area (Å²) in [5.41, 5.74) is 0.893. The van der Waals surface area contributed by atoms with Gasteiger partial charge in [-0.1, -0.05) is 11.6 Å². The fourth-order valence-electron chi connectivity index (χ4n) is 3.14. The maximum Gasteiger partial charge on any atom is 0.349 e. The Morgan fingerprint density at radius 3 is 2.64 bits per heavy atom. The van der Waals surface area contributed by atoms with E-state index < -0.39 is 5.63 Å². The number of aryl methyl sites for hydroxylation is 1. The van der Waals surface area contributed by atoms with Crippen molar-refractivity contribution in [3.63, 3.8) is 0 Å². The number of hydrogen-bond donors (Lipinski definition) is 0. The molecule has 6 heteroatoms. The number of benzene rings is 1. The molecule has 0 saturated carbocycles. The number of esters is 1.